The van der Waals surface area contributed by atoms with E-state index >= 15 is 0 Å². The highest BCUT2D eigenvalue weighted by Crippen LogP contribution is 2.39. The van der Waals surface area contributed by atoms with Crippen LogP contribution in [0, 0.1) is 0 Å². The summed E-state index contributed by atoms with van der Waals surface area (Å²) in [6.45, 7) is 0. The van der Waals surface area contributed by atoms with Crippen molar-refractivity contribution in [2.75, 3.05) is 5.32 Å². The molecular formula is C20H15NO4. The SMILES string of the molecule is O=C(Nc1ccc2c(c1)Cc1ccccc1-2)c1ccc(O)c(O)c1O. The molecular weight excluding hydrogens is 318 g/mol. The molecule has 0 heterocycles. The molecule has 0 radical (unpaired) electrons. The zero-order valence-electron chi connectivity index (χ0n) is 13.2. The van der Waals surface area contributed by atoms with Crippen LogP contribution in [0.15, 0.2) is 54.6 Å². The standard InChI is InChI=1S/C20H15NO4/c22-17-8-7-16(18(23)19(17)24)20(25)21-13-5-6-15-12(10-13)9-11-3-1-2-4-14(11)15/h1-8,10,22-24H,9H2,(H,21,25). The van der Waals surface area contributed by atoms with Gasteiger partial charge in [-0.1, -0.05) is 30.3 Å². The summed E-state index contributed by atoms with van der Waals surface area (Å²) in [7, 11) is 0. The van der Waals surface area contributed by atoms with E-state index in [1.165, 1.54) is 17.2 Å². The lowest BCUT2D eigenvalue weighted by atomic mass is 10.1. The van der Waals surface area contributed by atoms with Gasteiger partial charge in [-0.2, -0.15) is 0 Å². The van der Waals surface area contributed by atoms with Crippen LogP contribution in [0.2, 0.25) is 0 Å². The quantitative estimate of drug-likeness (QED) is 0.422. The van der Waals surface area contributed by atoms with E-state index in [9.17, 15) is 20.1 Å². The van der Waals surface area contributed by atoms with Crippen molar-refractivity contribution in [1.82, 2.24) is 0 Å². The van der Waals surface area contributed by atoms with Crippen LogP contribution in [0.25, 0.3) is 11.1 Å². The third-order valence-electron chi connectivity index (χ3n) is 4.43. The van der Waals surface area contributed by atoms with Crippen LogP contribution in [-0.4, -0.2) is 21.2 Å². The smallest absolute Gasteiger partial charge is 0.259 e. The normalized spacial score (nSPS) is 11.7. The van der Waals surface area contributed by atoms with Gasteiger partial charge < -0.3 is 20.6 Å². The van der Waals surface area contributed by atoms with Crippen LogP contribution in [0.5, 0.6) is 17.2 Å². The molecule has 1 aliphatic rings. The van der Waals surface area contributed by atoms with Crippen molar-refractivity contribution in [3.05, 3.63) is 71.3 Å². The monoisotopic (exact) mass is 333 g/mol. The first-order valence-electron chi connectivity index (χ1n) is 7.81. The van der Waals surface area contributed by atoms with Gasteiger partial charge in [0, 0.05) is 5.69 Å². The molecule has 25 heavy (non-hydrogen) atoms. The average molecular weight is 333 g/mol. The van der Waals surface area contributed by atoms with E-state index in [1.54, 1.807) is 6.07 Å². The molecule has 3 aromatic rings. The van der Waals surface area contributed by atoms with Gasteiger partial charge in [0.15, 0.2) is 11.5 Å². The first kappa shape index (κ1) is 15.1. The van der Waals surface area contributed by atoms with E-state index in [4.69, 9.17) is 0 Å². The molecule has 0 fully saturated rings. The van der Waals surface area contributed by atoms with E-state index in [1.807, 2.05) is 24.3 Å². The lowest BCUT2D eigenvalue weighted by Gasteiger charge is -2.10. The molecule has 0 unspecified atom stereocenters. The highest BCUT2D eigenvalue weighted by Gasteiger charge is 2.20. The van der Waals surface area contributed by atoms with E-state index in [0.717, 1.165) is 23.6 Å². The summed E-state index contributed by atoms with van der Waals surface area (Å²) in [6, 6.07) is 16.3. The zero-order chi connectivity index (χ0) is 17.6. The molecule has 0 spiro atoms. The fraction of sp³-hybridized carbons (Fsp3) is 0.0500. The Balaban J connectivity index is 1.62. The number of nitrogens with one attached hydrogen (secondary N) is 1. The predicted octanol–water partition coefficient (Wildman–Crippen LogP) is 3.63. The molecule has 1 amide bonds. The van der Waals surface area contributed by atoms with E-state index in [2.05, 4.69) is 17.4 Å². The highest BCUT2D eigenvalue weighted by atomic mass is 16.3. The summed E-state index contributed by atoms with van der Waals surface area (Å²) < 4.78 is 0. The van der Waals surface area contributed by atoms with Crippen LogP contribution in [-0.2, 0) is 6.42 Å². The Morgan fingerprint density at radius 2 is 1.60 bits per heavy atom. The molecule has 124 valence electrons. The van der Waals surface area contributed by atoms with E-state index < -0.39 is 23.2 Å². The van der Waals surface area contributed by atoms with Crippen molar-refractivity contribution in [2.45, 2.75) is 6.42 Å². The van der Waals surface area contributed by atoms with Crippen LogP contribution >= 0.6 is 0 Å². The molecule has 0 atom stereocenters. The molecule has 0 aliphatic heterocycles. The summed E-state index contributed by atoms with van der Waals surface area (Å²) in [4.78, 5) is 12.4. The van der Waals surface area contributed by atoms with Gasteiger partial charge >= 0.3 is 0 Å². The summed E-state index contributed by atoms with van der Waals surface area (Å²) in [6.07, 6.45) is 0.806. The molecule has 0 saturated heterocycles. The van der Waals surface area contributed by atoms with E-state index in [-0.39, 0.29) is 5.56 Å². The van der Waals surface area contributed by atoms with Gasteiger partial charge in [-0.3, -0.25) is 4.79 Å². The largest absolute Gasteiger partial charge is 0.504 e. The number of anilines is 1. The van der Waals surface area contributed by atoms with Gasteiger partial charge in [0.25, 0.3) is 5.91 Å². The maximum Gasteiger partial charge on any atom is 0.259 e. The molecule has 5 nitrogen and oxygen atoms in total. The minimum atomic E-state index is -0.711. The average Bonchev–Trinajstić information content (AvgIpc) is 2.97. The molecule has 4 N–H and O–H groups in total. The van der Waals surface area contributed by atoms with Gasteiger partial charge in [0.05, 0.1) is 5.56 Å². The van der Waals surface area contributed by atoms with Crippen LogP contribution in [0.3, 0.4) is 0 Å². The Kier molecular flexibility index (Phi) is 3.35. The Morgan fingerprint density at radius 1 is 0.840 bits per heavy atom. The summed E-state index contributed by atoms with van der Waals surface area (Å²) in [5, 5.41) is 31.4. The van der Waals surface area contributed by atoms with Crippen molar-refractivity contribution in [3.63, 3.8) is 0 Å². The second-order valence-electron chi connectivity index (χ2n) is 5.99. The highest BCUT2D eigenvalue weighted by molar-refractivity contribution is 6.07. The number of phenols is 3. The fourth-order valence-corrected chi connectivity index (χ4v) is 3.17. The number of hydrogen-bond acceptors (Lipinski definition) is 4. The van der Waals surface area contributed by atoms with Gasteiger partial charge in [-0.15, -0.1) is 0 Å². The fourth-order valence-electron chi connectivity index (χ4n) is 3.17. The summed E-state index contributed by atoms with van der Waals surface area (Å²) in [5.74, 6) is -2.41. The summed E-state index contributed by atoms with van der Waals surface area (Å²) >= 11 is 0. The Labute approximate surface area is 143 Å². The van der Waals surface area contributed by atoms with Crippen molar-refractivity contribution >= 4 is 11.6 Å². The topological polar surface area (TPSA) is 89.8 Å². The zero-order valence-corrected chi connectivity index (χ0v) is 13.2. The van der Waals surface area contributed by atoms with Gasteiger partial charge in [-0.05, 0) is 52.9 Å². The number of hydrogen-bond donors (Lipinski definition) is 4. The molecule has 5 heteroatoms. The molecule has 1 aliphatic carbocycles. The minimum Gasteiger partial charge on any atom is -0.504 e. The number of aromatic hydroxyl groups is 3. The number of benzene rings is 3. The van der Waals surface area contributed by atoms with Crippen LogP contribution in [0.1, 0.15) is 21.5 Å². The van der Waals surface area contributed by atoms with Crippen molar-refractivity contribution in [1.29, 1.82) is 0 Å². The van der Waals surface area contributed by atoms with Crippen LogP contribution in [0.4, 0.5) is 5.69 Å². The number of amides is 1. The van der Waals surface area contributed by atoms with Gasteiger partial charge in [-0.25, -0.2) is 0 Å². The Morgan fingerprint density at radius 3 is 2.44 bits per heavy atom. The molecule has 4 rings (SSSR count). The first-order chi connectivity index (χ1) is 12.0. The van der Waals surface area contributed by atoms with Crippen LogP contribution < -0.4 is 5.32 Å². The van der Waals surface area contributed by atoms with E-state index in [0.29, 0.717) is 5.69 Å². The third-order valence-corrected chi connectivity index (χ3v) is 4.43. The Hall–Kier alpha value is -3.47. The number of carbonyl (C=O) groups is 1. The number of carbonyl (C=O) groups excluding carboxylic acids is 1. The second kappa shape index (κ2) is 5.56. The lowest BCUT2D eigenvalue weighted by molar-refractivity contribution is 0.102. The van der Waals surface area contributed by atoms with Crippen molar-refractivity contribution in [3.8, 4) is 28.4 Å². The van der Waals surface area contributed by atoms with Crippen molar-refractivity contribution < 1.29 is 20.1 Å². The second-order valence-corrected chi connectivity index (χ2v) is 5.99. The van der Waals surface area contributed by atoms with Crippen molar-refractivity contribution in [2.24, 2.45) is 0 Å². The maximum absolute atomic E-state index is 12.4. The number of fused-ring (bicyclic) bond motifs is 3. The number of rotatable bonds is 2. The Bertz CT molecular complexity index is 1010. The molecule has 0 aromatic heterocycles. The maximum atomic E-state index is 12.4. The number of phenolic OH excluding ortho intramolecular Hbond substituents is 3. The summed E-state index contributed by atoms with van der Waals surface area (Å²) in [5.41, 5.74) is 5.22. The first-order valence-corrected chi connectivity index (χ1v) is 7.81. The third kappa shape index (κ3) is 2.46. The molecule has 0 saturated carbocycles. The lowest BCUT2D eigenvalue weighted by Crippen LogP contribution is -2.12. The minimum absolute atomic E-state index is 0.112. The molecule has 0 bridgehead atoms. The van der Waals surface area contributed by atoms with Gasteiger partial charge in [0.2, 0.25) is 5.75 Å². The molecule has 3 aromatic carbocycles. The van der Waals surface area contributed by atoms with Gasteiger partial charge in [0.1, 0.15) is 0 Å². The predicted molar refractivity (Wildman–Crippen MR) is 94.1 cm³/mol.